The molecule has 6 rings (SSSR count). The average molecular weight is 506 g/mol. The molecule has 1 aliphatic heterocycles. The quantitative estimate of drug-likeness (QED) is 0.341. The summed E-state index contributed by atoms with van der Waals surface area (Å²) in [5.74, 6) is 0.846. The number of aromatic hydroxyl groups is 1. The molecule has 1 heterocycles. The fourth-order valence-electron chi connectivity index (χ4n) is 6.56. The van der Waals surface area contributed by atoms with E-state index in [0.29, 0.717) is 11.8 Å². The molecule has 4 heteroatoms. The van der Waals surface area contributed by atoms with Crippen LogP contribution in [0, 0.1) is 0 Å². The van der Waals surface area contributed by atoms with Gasteiger partial charge in [0, 0.05) is 18.2 Å². The van der Waals surface area contributed by atoms with Gasteiger partial charge in [-0.25, -0.2) is 0 Å². The van der Waals surface area contributed by atoms with Gasteiger partial charge in [-0.1, -0.05) is 106 Å². The van der Waals surface area contributed by atoms with Crippen molar-refractivity contribution in [1.82, 2.24) is 4.90 Å². The lowest BCUT2D eigenvalue weighted by molar-refractivity contribution is 0.228. The average Bonchev–Trinajstić information content (AvgIpc) is 2.90. The number of fused-ring (bicyclic) bond motifs is 2. The normalized spacial score (nSPS) is 17.1. The molecule has 0 saturated carbocycles. The van der Waals surface area contributed by atoms with E-state index < -0.39 is 8.32 Å². The van der Waals surface area contributed by atoms with Crippen molar-refractivity contribution in [2.45, 2.75) is 44.7 Å². The molecule has 1 atom stereocenters. The Balaban J connectivity index is 1.55. The van der Waals surface area contributed by atoms with Crippen LogP contribution in [0.5, 0.6) is 11.5 Å². The Morgan fingerprint density at radius 1 is 0.811 bits per heavy atom. The third-order valence-electron chi connectivity index (χ3n) is 8.39. The Morgan fingerprint density at radius 2 is 1.46 bits per heavy atom. The SMILES string of the molecule is CN1CCc2cccc3c2[C@H]1Cc1ccc(O[Si](c2ccccc2)(c2ccccc2)C(C)(C)C)c(O)c1-3. The largest absolute Gasteiger partial charge is 0.531 e. The Hall–Kier alpha value is -3.34. The zero-order chi connectivity index (χ0) is 25.8. The molecule has 188 valence electrons. The minimum absolute atomic E-state index is 0.183. The fraction of sp³-hybridized carbons (Fsp3) is 0.273. The van der Waals surface area contributed by atoms with Gasteiger partial charge in [0.2, 0.25) is 0 Å². The van der Waals surface area contributed by atoms with Gasteiger partial charge >= 0.3 is 8.32 Å². The molecule has 0 bridgehead atoms. The molecule has 0 saturated heterocycles. The zero-order valence-corrected chi connectivity index (χ0v) is 23.2. The number of benzene rings is 4. The second-order valence-electron chi connectivity index (χ2n) is 11.5. The molecule has 0 fully saturated rings. The first-order chi connectivity index (χ1) is 17.8. The molecule has 0 aromatic heterocycles. The lowest BCUT2D eigenvalue weighted by atomic mass is 9.77. The van der Waals surface area contributed by atoms with Crippen molar-refractivity contribution in [3.05, 3.63) is 108 Å². The highest BCUT2D eigenvalue weighted by Crippen LogP contribution is 2.51. The van der Waals surface area contributed by atoms with Gasteiger partial charge in [0.05, 0.1) is 0 Å². The molecular weight excluding hydrogens is 470 g/mol. The first-order valence-corrected chi connectivity index (χ1v) is 15.2. The number of phenolic OH excluding ortho intramolecular Hbond substituents is 1. The van der Waals surface area contributed by atoms with Crippen LogP contribution in [0.25, 0.3) is 11.1 Å². The third kappa shape index (κ3) is 3.73. The van der Waals surface area contributed by atoms with E-state index >= 15 is 0 Å². The summed E-state index contributed by atoms with van der Waals surface area (Å²) in [7, 11) is -0.640. The number of nitrogens with zero attached hydrogens (tertiary/aromatic N) is 1. The molecule has 0 spiro atoms. The van der Waals surface area contributed by atoms with Gasteiger partial charge < -0.3 is 9.53 Å². The predicted octanol–water partition coefficient (Wildman–Crippen LogP) is 6.08. The molecule has 0 radical (unpaired) electrons. The molecule has 3 nitrogen and oxygen atoms in total. The number of hydrogen-bond donors (Lipinski definition) is 1. The maximum Gasteiger partial charge on any atom is 0.320 e. The molecule has 0 unspecified atom stereocenters. The van der Waals surface area contributed by atoms with Crippen LogP contribution in [0.2, 0.25) is 5.04 Å². The van der Waals surface area contributed by atoms with Crippen molar-refractivity contribution in [3.8, 4) is 22.6 Å². The van der Waals surface area contributed by atoms with Crippen LogP contribution in [0.1, 0.15) is 43.5 Å². The Morgan fingerprint density at radius 3 is 2.08 bits per heavy atom. The summed E-state index contributed by atoms with van der Waals surface area (Å²) in [6.45, 7) is 7.87. The van der Waals surface area contributed by atoms with E-state index in [1.807, 2.05) is 6.07 Å². The summed E-state index contributed by atoms with van der Waals surface area (Å²) in [4.78, 5) is 2.46. The molecule has 4 aromatic carbocycles. The van der Waals surface area contributed by atoms with Gasteiger partial charge in [0.25, 0.3) is 0 Å². The summed E-state index contributed by atoms with van der Waals surface area (Å²) in [6.07, 6.45) is 1.95. The van der Waals surface area contributed by atoms with Crippen LogP contribution in [0.3, 0.4) is 0 Å². The van der Waals surface area contributed by atoms with Gasteiger partial charge in [0.1, 0.15) is 5.75 Å². The number of phenols is 1. The highest BCUT2D eigenvalue weighted by Gasteiger charge is 2.52. The Bertz CT molecular complexity index is 1400. The van der Waals surface area contributed by atoms with E-state index in [0.717, 1.165) is 30.5 Å². The van der Waals surface area contributed by atoms with E-state index in [1.54, 1.807) is 0 Å². The molecular formula is C33H35NO2Si. The zero-order valence-electron chi connectivity index (χ0n) is 22.2. The van der Waals surface area contributed by atoms with E-state index in [1.165, 1.54) is 27.1 Å². The summed E-state index contributed by atoms with van der Waals surface area (Å²) >= 11 is 0. The van der Waals surface area contributed by atoms with Gasteiger partial charge in [0.15, 0.2) is 5.75 Å². The molecule has 2 aliphatic rings. The summed E-state index contributed by atoms with van der Waals surface area (Å²) in [5, 5.41) is 14.1. The van der Waals surface area contributed by atoms with Gasteiger partial charge in [-0.3, -0.25) is 4.90 Å². The van der Waals surface area contributed by atoms with Crippen molar-refractivity contribution in [3.63, 3.8) is 0 Å². The van der Waals surface area contributed by atoms with Crippen molar-refractivity contribution in [2.24, 2.45) is 0 Å². The summed E-state index contributed by atoms with van der Waals surface area (Å²) in [5.41, 5.74) is 6.07. The van der Waals surface area contributed by atoms with Crippen LogP contribution in [0.15, 0.2) is 91.0 Å². The first kappa shape index (κ1) is 24.0. The number of rotatable bonds is 4. The first-order valence-electron chi connectivity index (χ1n) is 13.3. The van der Waals surface area contributed by atoms with E-state index in [2.05, 4.69) is 118 Å². The molecule has 1 N–H and O–H groups in total. The fourth-order valence-corrected chi connectivity index (χ4v) is 11.0. The second kappa shape index (κ2) is 8.90. The number of hydrogen-bond acceptors (Lipinski definition) is 3. The lowest BCUT2D eigenvalue weighted by Gasteiger charge is -2.43. The maximum absolute atomic E-state index is 11.9. The highest BCUT2D eigenvalue weighted by molar-refractivity contribution is 7.00. The summed E-state index contributed by atoms with van der Waals surface area (Å²) in [6, 6.07) is 32.3. The van der Waals surface area contributed by atoms with Crippen molar-refractivity contribution >= 4 is 18.7 Å². The topological polar surface area (TPSA) is 32.7 Å². The van der Waals surface area contributed by atoms with E-state index in [-0.39, 0.29) is 10.8 Å². The van der Waals surface area contributed by atoms with Crippen LogP contribution in [-0.4, -0.2) is 31.9 Å². The standard InChI is InChI=1S/C33H35NO2Si/c1-33(2,3)37(25-13-7-5-8-14-25,26-15-9-6-10-16-26)36-29-19-18-24-22-28-30-23(20-21-34(28)4)12-11-17-27(30)31(24)32(29)35/h5-19,28,35H,20-22H2,1-4H3/t28-/m1/s1. The van der Waals surface area contributed by atoms with Gasteiger partial charge in [-0.15, -0.1) is 0 Å². The van der Waals surface area contributed by atoms with Crippen molar-refractivity contribution in [1.29, 1.82) is 0 Å². The van der Waals surface area contributed by atoms with Crippen LogP contribution in [0.4, 0.5) is 0 Å². The molecule has 4 aromatic rings. The smallest absolute Gasteiger partial charge is 0.320 e. The molecule has 0 amide bonds. The van der Waals surface area contributed by atoms with Crippen molar-refractivity contribution in [2.75, 3.05) is 13.6 Å². The highest BCUT2D eigenvalue weighted by atomic mass is 28.4. The molecule has 37 heavy (non-hydrogen) atoms. The number of likely N-dealkylation sites (N-methyl/N-ethyl adjacent to an activating group) is 1. The predicted molar refractivity (Wildman–Crippen MR) is 155 cm³/mol. The van der Waals surface area contributed by atoms with Gasteiger partial charge in [-0.05, 0) is 63.6 Å². The van der Waals surface area contributed by atoms with Crippen LogP contribution < -0.4 is 14.8 Å². The van der Waals surface area contributed by atoms with E-state index in [9.17, 15) is 5.11 Å². The lowest BCUT2D eigenvalue weighted by Crippen LogP contribution is -2.68. The van der Waals surface area contributed by atoms with E-state index in [4.69, 9.17) is 4.43 Å². The molecule has 1 aliphatic carbocycles. The third-order valence-corrected chi connectivity index (χ3v) is 13.3. The Kier molecular flexibility index (Phi) is 5.77. The van der Waals surface area contributed by atoms with Crippen LogP contribution in [-0.2, 0) is 12.8 Å². The monoisotopic (exact) mass is 505 g/mol. The second-order valence-corrected chi connectivity index (χ2v) is 15.8. The van der Waals surface area contributed by atoms with Crippen molar-refractivity contribution < 1.29 is 9.53 Å². The summed E-state index contributed by atoms with van der Waals surface area (Å²) < 4.78 is 7.25. The minimum atomic E-state index is -2.86. The van der Waals surface area contributed by atoms with Crippen LogP contribution >= 0.6 is 0 Å². The Labute approximate surface area is 221 Å². The van der Waals surface area contributed by atoms with Gasteiger partial charge in [-0.2, -0.15) is 0 Å². The maximum atomic E-state index is 11.9. The minimum Gasteiger partial charge on any atom is -0.531 e.